The number of rotatable bonds is 1. The maximum atomic E-state index is 5.46. The summed E-state index contributed by atoms with van der Waals surface area (Å²) in [5.74, 6) is 0.501. The fourth-order valence-corrected chi connectivity index (χ4v) is 0.674. The molecule has 0 spiro atoms. The molecule has 9 heavy (non-hydrogen) atoms. The first-order valence-corrected chi connectivity index (χ1v) is 2.89. The van der Waals surface area contributed by atoms with E-state index in [0.29, 0.717) is 5.88 Å². The van der Waals surface area contributed by atoms with Crippen LogP contribution in [0.5, 0.6) is 0 Å². The molecule has 1 rings (SSSR count). The van der Waals surface area contributed by atoms with E-state index < -0.39 is 0 Å². The minimum Gasteiger partial charge on any atom is -0.340 e. The molecule has 0 N–H and O–H groups in total. The summed E-state index contributed by atoms with van der Waals surface area (Å²) in [4.78, 5) is 3.97. The van der Waals surface area contributed by atoms with Crippen molar-refractivity contribution in [1.29, 1.82) is 0 Å². The molecule has 0 amide bonds. The zero-order valence-electron chi connectivity index (χ0n) is 5.04. The maximum Gasteiger partial charge on any atom is 0.0947 e. The molecule has 4 heteroatoms. The number of aryl methyl sites for hydroxylation is 1. The molecule has 0 atom stereocenters. The van der Waals surface area contributed by atoms with Crippen molar-refractivity contribution in [2.75, 3.05) is 0 Å². The SMILES string of the molecule is Cl.Cn1cnc(CCl)c1. The van der Waals surface area contributed by atoms with Crippen molar-refractivity contribution in [1.82, 2.24) is 9.55 Å². The highest BCUT2D eigenvalue weighted by atomic mass is 35.5. The Hall–Kier alpha value is -0.210. The van der Waals surface area contributed by atoms with Crippen LogP contribution in [0.1, 0.15) is 5.69 Å². The molecular weight excluding hydrogens is 159 g/mol. The Kier molecular flexibility index (Phi) is 3.66. The number of aromatic nitrogens is 2. The van der Waals surface area contributed by atoms with Crippen LogP contribution >= 0.6 is 24.0 Å². The van der Waals surface area contributed by atoms with Crippen molar-refractivity contribution in [2.24, 2.45) is 7.05 Å². The van der Waals surface area contributed by atoms with E-state index in [1.807, 2.05) is 17.8 Å². The molecule has 0 aliphatic rings. The summed E-state index contributed by atoms with van der Waals surface area (Å²) in [5.41, 5.74) is 0.925. The van der Waals surface area contributed by atoms with Crippen molar-refractivity contribution in [3.8, 4) is 0 Å². The van der Waals surface area contributed by atoms with Gasteiger partial charge in [-0.15, -0.1) is 24.0 Å². The number of alkyl halides is 1. The van der Waals surface area contributed by atoms with Crippen LogP contribution < -0.4 is 0 Å². The van der Waals surface area contributed by atoms with Crippen LogP contribution in [0, 0.1) is 0 Å². The summed E-state index contributed by atoms with van der Waals surface area (Å²) in [7, 11) is 1.92. The molecule has 0 aliphatic heterocycles. The van der Waals surface area contributed by atoms with Gasteiger partial charge in [-0.05, 0) is 0 Å². The zero-order chi connectivity index (χ0) is 5.98. The number of imidazole rings is 1. The monoisotopic (exact) mass is 166 g/mol. The minimum atomic E-state index is 0. The lowest BCUT2D eigenvalue weighted by atomic mass is 10.6. The van der Waals surface area contributed by atoms with Gasteiger partial charge in [-0.25, -0.2) is 4.98 Å². The van der Waals surface area contributed by atoms with E-state index in [1.54, 1.807) is 6.33 Å². The lowest BCUT2D eigenvalue weighted by Gasteiger charge is -1.80. The third-order valence-electron chi connectivity index (χ3n) is 0.895. The maximum absolute atomic E-state index is 5.46. The molecule has 1 aromatic rings. The first kappa shape index (κ1) is 8.79. The minimum absolute atomic E-state index is 0. The summed E-state index contributed by atoms with van der Waals surface area (Å²) >= 11 is 5.46. The Morgan fingerprint density at radius 1 is 1.78 bits per heavy atom. The number of hydrogen-bond donors (Lipinski definition) is 0. The quantitative estimate of drug-likeness (QED) is 0.580. The smallest absolute Gasteiger partial charge is 0.0947 e. The second-order valence-electron chi connectivity index (χ2n) is 1.66. The highest BCUT2D eigenvalue weighted by Crippen LogP contribution is 1.96. The molecule has 0 unspecified atom stereocenters. The van der Waals surface area contributed by atoms with Crippen LogP contribution in [0.2, 0.25) is 0 Å². The highest BCUT2D eigenvalue weighted by Gasteiger charge is 1.89. The van der Waals surface area contributed by atoms with Crippen molar-refractivity contribution in [3.05, 3.63) is 18.2 Å². The predicted molar refractivity (Wildman–Crippen MR) is 40.0 cm³/mol. The molecule has 0 bridgehead atoms. The Morgan fingerprint density at radius 3 is 2.67 bits per heavy atom. The number of hydrogen-bond acceptors (Lipinski definition) is 1. The van der Waals surface area contributed by atoms with Gasteiger partial charge >= 0.3 is 0 Å². The molecule has 0 saturated carbocycles. The Morgan fingerprint density at radius 2 is 2.44 bits per heavy atom. The molecular formula is C5H8Cl2N2. The normalized spacial score (nSPS) is 8.67. The molecule has 2 nitrogen and oxygen atoms in total. The van der Waals surface area contributed by atoms with E-state index in [1.165, 1.54) is 0 Å². The Balaban J connectivity index is 0.000000640. The van der Waals surface area contributed by atoms with Gasteiger partial charge in [-0.3, -0.25) is 0 Å². The van der Waals surface area contributed by atoms with Crippen molar-refractivity contribution in [2.45, 2.75) is 5.88 Å². The second kappa shape index (κ2) is 3.75. The van der Waals surface area contributed by atoms with Crippen LogP contribution in [0.15, 0.2) is 12.5 Å². The van der Waals surface area contributed by atoms with Crippen LogP contribution in [-0.2, 0) is 12.9 Å². The van der Waals surface area contributed by atoms with Crippen molar-refractivity contribution in [3.63, 3.8) is 0 Å². The molecule has 52 valence electrons. The van der Waals surface area contributed by atoms with Crippen LogP contribution in [0.4, 0.5) is 0 Å². The van der Waals surface area contributed by atoms with Gasteiger partial charge in [0.15, 0.2) is 0 Å². The summed E-state index contributed by atoms with van der Waals surface area (Å²) < 4.78 is 1.87. The van der Waals surface area contributed by atoms with Gasteiger partial charge in [0, 0.05) is 13.2 Å². The molecule has 1 aromatic heterocycles. The van der Waals surface area contributed by atoms with Gasteiger partial charge in [-0.2, -0.15) is 0 Å². The first-order valence-electron chi connectivity index (χ1n) is 2.35. The first-order chi connectivity index (χ1) is 3.83. The van der Waals surface area contributed by atoms with Gasteiger partial charge in [-0.1, -0.05) is 0 Å². The molecule has 0 aliphatic carbocycles. The standard InChI is InChI=1S/C5H7ClN2.ClH/c1-8-3-5(2-6)7-4-8;/h3-4H,2H2,1H3;1H. The van der Waals surface area contributed by atoms with E-state index in [2.05, 4.69) is 4.98 Å². The molecule has 0 saturated heterocycles. The van der Waals surface area contributed by atoms with Crippen molar-refractivity contribution >= 4 is 24.0 Å². The average Bonchev–Trinajstić information content (AvgIpc) is 2.14. The van der Waals surface area contributed by atoms with Gasteiger partial charge in [0.05, 0.1) is 17.9 Å². The Labute approximate surface area is 65.3 Å². The topological polar surface area (TPSA) is 17.8 Å². The summed E-state index contributed by atoms with van der Waals surface area (Å²) in [5, 5.41) is 0. The average molecular weight is 167 g/mol. The fraction of sp³-hybridized carbons (Fsp3) is 0.400. The summed E-state index contributed by atoms with van der Waals surface area (Å²) in [6, 6.07) is 0. The zero-order valence-corrected chi connectivity index (χ0v) is 6.61. The second-order valence-corrected chi connectivity index (χ2v) is 1.93. The summed E-state index contributed by atoms with van der Waals surface area (Å²) in [6.07, 6.45) is 3.63. The highest BCUT2D eigenvalue weighted by molar-refractivity contribution is 6.16. The third kappa shape index (κ3) is 2.24. The van der Waals surface area contributed by atoms with E-state index >= 15 is 0 Å². The van der Waals surface area contributed by atoms with Crippen LogP contribution in [0.3, 0.4) is 0 Å². The number of halogens is 2. The van der Waals surface area contributed by atoms with Gasteiger partial charge in [0.2, 0.25) is 0 Å². The lowest BCUT2D eigenvalue weighted by molar-refractivity contribution is 0.913. The van der Waals surface area contributed by atoms with E-state index in [-0.39, 0.29) is 12.4 Å². The van der Waals surface area contributed by atoms with E-state index in [9.17, 15) is 0 Å². The van der Waals surface area contributed by atoms with Gasteiger partial charge in [0.25, 0.3) is 0 Å². The van der Waals surface area contributed by atoms with E-state index in [4.69, 9.17) is 11.6 Å². The third-order valence-corrected chi connectivity index (χ3v) is 1.17. The molecule has 0 fully saturated rings. The molecule has 0 aromatic carbocycles. The van der Waals surface area contributed by atoms with Crippen LogP contribution in [0.25, 0.3) is 0 Å². The lowest BCUT2D eigenvalue weighted by Crippen LogP contribution is -1.77. The largest absolute Gasteiger partial charge is 0.340 e. The molecule has 0 radical (unpaired) electrons. The fourth-order valence-electron chi connectivity index (χ4n) is 0.536. The molecule has 1 heterocycles. The van der Waals surface area contributed by atoms with Crippen LogP contribution in [-0.4, -0.2) is 9.55 Å². The Bertz CT molecular complexity index is 173. The van der Waals surface area contributed by atoms with Gasteiger partial charge in [0.1, 0.15) is 0 Å². The number of nitrogens with zero attached hydrogens (tertiary/aromatic N) is 2. The van der Waals surface area contributed by atoms with Gasteiger partial charge < -0.3 is 4.57 Å². The summed E-state index contributed by atoms with van der Waals surface area (Å²) in [6.45, 7) is 0. The van der Waals surface area contributed by atoms with E-state index in [0.717, 1.165) is 5.69 Å². The van der Waals surface area contributed by atoms with Crippen molar-refractivity contribution < 1.29 is 0 Å². The predicted octanol–water partition coefficient (Wildman–Crippen LogP) is 1.58.